The van der Waals surface area contributed by atoms with Crippen molar-refractivity contribution in [2.45, 2.75) is 20.3 Å². The third kappa shape index (κ3) is 5.32. The Morgan fingerprint density at radius 1 is 1.03 bits per heavy atom. The number of amides is 1. The number of hydrogen-bond donors (Lipinski definition) is 1. The summed E-state index contributed by atoms with van der Waals surface area (Å²) in [4.78, 5) is 12.6. The van der Waals surface area contributed by atoms with E-state index in [1.165, 1.54) is 0 Å². The minimum atomic E-state index is -0.156. The lowest BCUT2D eigenvalue weighted by Crippen LogP contribution is -2.14. The number of benzene rings is 3. The molecule has 0 unspecified atom stereocenters. The van der Waals surface area contributed by atoms with Crippen molar-refractivity contribution in [3.63, 3.8) is 0 Å². The molecule has 31 heavy (non-hydrogen) atoms. The number of carbonyl (C=O) groups is 1. The molecule has 0 atom stereocenters. The first-order chi connectivity index (χ1) is 15.0. The van der Waals surface area contributed by atoms with Crippen LogP contribution < -0.4 is 10.1 Å². The zero-order chi connectivity index (χ0) is 22.2. The Labute approximate surface area is 184 Å². The molecule has 3 aromatic carbocycles. The molecule has 0 saturated heterocycles. The van der Waals surface area contributed by atoms with Gasteiger partial charge in [0.2, 0.25) is 0 Å². The molecule has 1 aliphatic heterocycles. The van der Waals surface area contributed by atoms with Gasteiger partial charge in [-0.2, -0.15) is 0 Å². The SMILES string of the molecule is C#CCC.C=C1C=C(c2cc(C)ccc2NC(=O)c2ccccc2)Oc2ccccc21. The Balaban J connectivity index is 0.000000628. The molecule has 0 spiro atoms. The predicted octanol–water partition coefficient (Wildman–Crippen LogP) is 6.72. The summed E-state index contributed by atoms with van der Waals surface area (Å²) < 4.78 is 6.12. The summed E-state index contributed by atoms with van der Waals surface area (Å²) in [6.07, 6.45) is 7.54. The molecule has 3 heteroatoms. The van der Waals surface area contributed by atoms with Crippen LogP contribution in [0.4, 0.5) is 5.69 Å². The van der Waals surface area contributed by atoms with Crippen molar-refractivity contribution in [3.8, 4) is 18.1 Å². The Bertz CT molecular complexity index is 1170. The molecule has 3 nitrogen and oxygen atoms in total. The number of nitrogens with one attached hydrogen (secondary N) is 1. The van der Waals surface area contributed by atoms with E-state index in [0.717, 1.165) is 34.4 Å². The van der Waals surface area contributed by atoms with Crippen molar-refractivity contribution < 1.29 is 9.53 Å². The fourth-order valence-corrected chi connectivity index (χ4v) is 3.09. The number of anilines is 1. The topological polar surface area (TPSA) is 38.3 Å². The van der Waals surface area contributed by atoms with Gasteiger partial charge in [-0.3, -0.25) is 4.79 Å². The molecule has 0 aromatic heterocycles. The van der Waals surface area contributed by atoms with Crippen LogP contribution in [0.1, 0.15) is 40.4 Å². The van der Waals surface area contributed by atoms with Gasteiger partial charge in [0.15, 0.2) is 0 Å². The van der Waals surface area contributed by atoms with Crippen LogP contribution in [0.3, 0.4) is 0 Å². The van der Waals surface area contributed by atoms with Crippen molar-refractivity contribution in [2.75, 3.05) is 5.32 Å². The van der Waals surface area contributed by atoms with Gasteiger partial charge in [0, 0.05) is 23.1 Å². The number of carbonyl (C=O) groups excluding carboxylic acids is 1. The van der Waals surface area contributed by atoms with E-state index in [1.54, 1.807) is 12.1 Å². The molecule has 1 heterocycles. The highest BCUT2D eigenvalue weighted by Crippen LogP contribution is 2.38. The van der Waals surface area contributed by atoms with Crippen molar-refractivity contribution in [1.29, 1.82) is 0 Å². The van der Waals surface area contributed by atoms with Gasteiger partial charge in [-0.1, -0.05) is 61.5 Å². The summed E-state index contributed by atoms with van der Waals surface area (Å²) in [7, 11) is 0. The molecule has 1 amide bonds. The van der Waals surface area contributed by atoms with E-state index in [1.807, 2.05) is 80.6 Å². The average Bonchev–Trinajstić information content (AvgIpc) is 2.81. The van der Waals surface area contributed by atoms with Crippen LogP contribution in [0.2, 0.25) is 0 Å². The predicted molar refractivity (Wildman–Crippen MR) is 129 cm³/mol. The number of para-hydroxylation sites is 1. The Kier molecular flexibility index (Phi) is 7.09. The molecule has 0 aliphatic carbocycles. The van der Waals surface area contributed by atoms with Gasteiger partial charge < -0.3 is 10.1 Å². The lowest BCUT2D eigenvalue weighted by Gasteiger charge is -2.22. The molecule has 3 aromatic rings. The second-order valence-corrected chi connectivity index (χ2v) is 7.06. The molecule has 0 bridgehead atoms. The molecule has 1 aliphatic rings. The first kappa shape index (κ1) is 21.7. The van der Waals surface area contributed by atoms with E-state index in [0.29, 0.717) is 17.0 Å². The molecule has 4 rings (SSSR count). The Morgan fingerprint density at radius 3 is 2.42 bits per heavy atom. The van der Waals surface area contributed by atoms with Crippen molar-refractivity contribution >= 4 is 22.9 Å². The van der Waals surface area contributed by atoms with Crippen LogP contribution in [0.15, 0.2) is 85.5 Å². The summed E-state index contributed by atoms with van der Waals surface area (Å²) in [5.41, 5.74) is 5.08. The van der Waals surface area contributed by atoms with Gasteiger partial charge in [0.25, 0.3) is 5.91 Å². The second-order valence-electron chi connectivity index (χ2n) is 7.06. The maximum absolute atomic E-state index is 12.6. The molecular formula is C28H25NO2. The van der Waals surface area contributed by atoms with Crippen LogP contribution in [0.5, 0.6) is 5.75 Å². The van der Waals surface area contributed by atoms with E-state index >= 15 is 0 Å². The molecule has 0 radical (unpaired) electrons. The van der Waals surface area contributed by atoms with Gasteiger partial charge in [0.1, 0.15) is 11.5 Å². The summed E-state index contributed by atoms with van der Waals surface area (Å²) in [6.45, 7) is 8.10. The summed E-state index contributed by atoms with van der Waals surface area (Å²) in [5.74, 6) is 3.71. The standard InChI is InChI=1S/C24H19NO2.C4H6/c1-16-12-13-21(25-24(26)18-8-4-3-5-9-18)20(14-16)23-15-17(2)19-10-6-7-11-22(19)27-23;1-3-4-2/h3-15H,2H2,1H3,(H,25,26);1H,4H2,2H3. The minimum Gasteiger partial charge on any atom is -0.456 e. The highest BCUT2D eigenvalue weighted by atomic mass is 16.5. The summed E-state index contributed by atoms with van der Waals surface area (Å²) >= 11 is 0. The van der Waals surface area contributed by atoms with E-state index in [9.17, 15) is 4.79 Å². The zero-order valence-corrected chi connectivity index (χ0v) is 17.8. The molecule has 154 valence electrons. The zero-order valence-electron chi connectivity index (χ0n) is 17.8. The number of allylic oxidation sites excluding steroid dienone is 2. The third-order valence-corrected chi connectivity index (χ3v) is 4.69. The van der Waals surface area contributed by atoms with Gasteiger partial charge >= 0.3 is 0 Å². The average molecular weight is 408 g/mol. The summed E-state index contributed by atoms with van der Waals surface area (Å²) in [5, 5.41) is 3.00. The molecule has 1 N–H and O–H groups in total. The van der Waals surface area contributed by atoms with Gasteiger partial charge in [0.05, 0.1) is 5.69 Å². The van der Waals surface area contributed by atoms with E-state index < -0.39 is 0 Å². The third-order valence-electron chi connectivity index (χ3n) is 4.69. The van der Waals surface area contributed by atoms with Crippen LogP contribution in [-0.4, -0.2) is 5.91 Å². The van der Waals surface area contributed by atoms with E-state index in [-0.39, 0.29) is 5.91 Å². The lowest BCUT2D eigenvalue weighted by molar-refractivity contribution is 0.102. The Hall–Kier alpha value is -4.03. The number of hydrogen-bond acceptors (Lipinski definition) is 2. The highest BCUT2D eigenvalue weighted by Gasteiger charge is 2.19. The fraction of sp³-hybridized carbons (Fsp3) is 0.107. The molecule has 0 saturated carbocycles. The van der Waals surface area contributed by atoms with Gasteiger partial charge in [-0.25, -0.2) is 0 Å². The monoisotopic (exact) mass is 407 g/mol. The molecular weight excluding hydrogens is 382 g/mol. The quantitative estimate of drug-likeness (QED) is 0.489. The summed E-state index contributed by atoms with van der Waals surface area (Å²) in [6, 6.07) is 22.8. The number of fused-ring (bicyclic) bond motifs is 1. The lowest BCUT2D eigenvalue weighted by atomic mass is 9.99. The van der Waals surface area contributed by atoms with Gasteiger partial charge in [-0.05, 0) is 48.9 Å². The minimum absolute atomic E-state index is 0.156. The van der Waals surface area contributed by atoms with Crippen LogP contribution in [-0.2, 0) is 0 Å². The Morgan fingerprint density at radius 2 is 1.71 bits per heavy atom. The molecule has 0 fully saturated rings. The smallest absolute Gasteiger partial charge is 0.255 e. The van der Waals surface area contributed by atoms with Crippen LogP contribution >= 0.6 is 0 Å². The number of terminal acetylenes is 1. The number of rotatable bonds is 3. The number of aryl methyl sites for hydroxylation is 1. The highest BCUT2D eigenvalue weighted by molar-refractivity contribution is 6.06. The number of ether oxygens (including phenoxy) is 1. The first-order valence-electron chi connectivity index (χ1n) is 10.1. The largest absolute Gasteiger partial charge is 0.456 e. The van der Waals surface area contributed by atoms with Crippen molar-refractivity contribution in [2.24, 2.45) is 0 Å². The van der Waals surface area contributed by atoms with E-state index in [2.05, 4.69) is 17.8 Å². The fourth-order valence-electron chi connectivity index (χ4n) is 3.09. The first-order valence-corrected chi connectivity index (χ1v) is 10.1. The second kappa shape index (κ2) is 10.1. The van der Waals surface area contributed by atoms with E-state index in [4.69, 9.17) is 11.2 Å². The normalized spacial score (nSPS) is 11.6. The maximum atomic E-state index is 12.6. The van der Waals surface area contributed by atoms with Crippen LogP contribution in [0, 0.1) is 19.3 Å². The van der Waals surface area contributed by atoms with Gasteiger partial charge in [-0.15, -0.1) is 12.3 Å². The van der Waals surface area contributed by atoms with Crippen molar-refractivity contribution in [3.05, 3.63) is 108 Å². The van der Waals surface area contributed by atoms with Crippen molar-refractivity contribution in [1.82, 2.24) is 0 Å². The van der Waals surface area contributed by atoms with Crippen LogP contribution in [0.25, 0.3) is 11.3 Å². The maximum Gasteiger partial charge on any atom is 0.255 e.